The molecule has 1 aliphatic carbocycles. The monoisotopic (exact) mass is 384 g/mol. The van der Waals surface area contributed by atoms with Crippen LogP contribution in [0.3, 0.4) is 0 Å². The Balaban J connectivity index is 2.21. The molecule has 0 unspecified atom stereocenters. The molecule has 2 aromatic carbocycles. The molecule has 27 heavy (non-hydrogen) atoms. The summed E-state index contributed by atoms with van der Waals surface area (Å²) in [5.41, 5.74) is 3.01. The van der Waals surface area contributed by atoms with Gasteiger partial charge in [0.1, 0.15) is 6.54 Å². The highest BCUT2D eigenvalue weighted by atomic mass is 35.5. The van der Waals surface area contributed by atoms with Gasteiger partial charge in [-0.25, -0.2) is 0 Å². The number of aliphatic carboxylic acids is 1. The van der Waals surface area contributed by atoms with E-state index in [1.54, 1.807) is 16.7 Å². The first-order valence-corrected chi connectivity index (χ1v) is 9.29. The lowest BCUT2D eigenvalue weighted by Crippen LogP contribution is -2.20. The minimum absolute atomic E-state index is 0.103. The zero-order valence-corrected chi connectivity index (χ0v) is 16.3. The molecule has 1 fully saturated rings. The van der Waals surface area contributed by atoms with E-state index in [1.165, 1.54) is 0 Å². The van der Waals surface area contributed by atoms with Crippen LogP contribution in [0.4, 0.5) is 5.69 Å². The molecule has 0 radical (unpaired) electrons. The summed E-state index contributed by atoms with van der Waals surface area (Å²) >= 11 is 6.42. The first-order chi connectivity index (χ1) is 12.7. The van der Waals surface area contributed by atoms with E-state index in [0.717, 1.165) is 18.4 Å². The normalized spacial score (nSPS) is 15.3. The number of anilines is 1. The topological polar surface area (TPSA) is 62.5 Å². The molecule has 140 valence electrons. The fourth-order valence-corrected chi connectivity index (χ4v) is 4.12. The van der Waals surface area contributed by atoms with Crippen molar-refractivity contribution in [3.05, 3.63) is 51.1 Å². The van der Waals surface area contributed by atoms with Crippen LogP contribution >= 0.6 is 11.6 Å². The van der Waals surface area contributed by atoms with Crippen LogP contribution in [-0.2, 0) is 16.8 Å². The van der Waals surface area contributed by atoms with Crippen LogP contribution in [0.5, 0.6) is 0 Å². The molecule has 6 heteroatoms. The number of nitrogens with zero attached hydrogens (tertiary/aromatic N) is 2. The largest absolute Gasteiger partial charge is 0.480 e. The van der Waals surface area contributed by atoms with Crippen molar-refractivity contribution in [3.63, 3.8) is 0 Å². The van der Waals surface area contributed by atoms with Crippen molar-refractivity contribution in [1.82, 2.24) is 4.57 Å². The van der Waals surface area contributed by atoms with E-state index in [1.807, 2.05) is 37.2 Å². The number of hydrogen-bond acceptors (Lipinski definition) is 3. The van der Waals surface area contributed by atoms with E-state index >= 15 is 0 Å². The van der Waals surface area contributed by atoms with E-state index in [-0.39, 0.29) is 17.4 Å². The number of fused-ring (bicyclic) bond motifs is 2. The van der Waals surface area contributed by atoms with Crippen LogP contribution in [0.15, 0.2) is 35.1 Å². The summed E-state index contributed by atoms with van der Waals surface area (Å²) in [6, 6.07) is 9.18. The average Bonchev–Trinajstić information content (AvgIpc) is 3.36. The zero-order valence-electron chi connectivity index (χ0n) is 15.5. The number of aromatic nitrogens is 1. The molecule has 3 aromatic rings. The van der Waals surface area contributed by atoms with Gasteiger partial charge in [0, 0.05) is 24.9 Å². The number of carboxylic acid groups (broad SMARTS) is 1. The Labute approximate surface area is 161 Å². The lowest BCUT2D eigenvalue weighted by atomic mass is 9.96. The van der Waals surface area contributed by atoms with E-state index in [0.29, 0.717) is 32.5 Å². The van der Waals surface area contributed by atoms with Gasteiger partial charge in [0.2, 0.25) is 0 Å². The third kappa shape index (κ3) is 2.77. The van der Waals surface area contributed by atoms with E-state index in [9.17, 15) is 14.7 Å². The van der Waals surface area contributed by atoms with Crippen LogP contribution in [-0.4, -0.2) is 29.7 Å². The average molecular weight is 385 g/mol. The minimum atomic E-state index is -0.964. The molecule has 1 aromatic heterocycles. The van der Waals surface area contributed by atoms with Crippen molar-refractivity contribution < 1.29 is 9.90 Å². The Morgan fingerprint density at radius 2 is 1.89 bits per heavy atom. The Kier molecular flexibility index (Phi) is 3.96. The van der Waals surface area contributed by atoms with Crippen molar-refractivity contribution >= 4 is 45.1 Å². The van der Waals surface area contributed by atoms with Gasteiger partial charge in [0.15, 0.2) is 5.43 Å². The second kappa shape index (κ2) is 5.99. The van der Waals surface area contributed by atoms with Crippen molar-refractivity contribution in [2.45, 2.75) is 31.7 Å². The molecule has 0 bridgehead atoms. The highest BCUT2D eigenvalue weighted by Gasteiger charge is 2.39. The summed E-state index contributed by atoms with van der Waals surface area (Å²) in [4.78, 5) is 26.6. The van der Waals surface area contributed by atoms with Crippen LogP contribution in [0, 0.1) is 0 Å². The Morgan fingerprint density at radius 3 is 2.48 bits per heavy atom. The summed E-state index contributed by atoms with van der Waals surface area (Å²) in [7, 11) is 3.67. The molecular weight excluding hydrogens is 364 g/mol. The van der Waals surface area contributed by atoms with Crippen molar-refractivity contribution in [2.24, 2.45) is 0 Å². The molecule has 0 spiro atoms. The summed E-state index contributed by atoms with van der Waals surface area (Å²) < 4.78 is 1.71. The van der Waals surface area contributed by atoms with Gasteiger partial charge >= 0.3 is 5.97 Å². The van der Waals surface area contributed by atoms with Gasteiger partial charge in [-0.05, 0) is 48.1 Å². The van der Waals surface area contributed by atoms with E-state index < -0.39 is 5.97 Å². The van der Waals surface area contributed by atoms with Gasteiger partial charge in [-0.3, -0.25) is 9.59 Å². The maximum Gasteiger partial charge on any atom is 0.323 e. The first-order valence-electron chi connectivity index (χ1n) is 8.91. The number of halogens is 1. The number of hydrogen-bond donors (Lipinski definition) is 1. The van der Waals surface area contributed by atoms with Crippen LogP contribution in [0.1, 0.15) is 25.3 Å². The molecule has 1 heterocycles. The summed E-state index contributed by atoms with van der Waals surface area (Å²) in [6.07, 6.45) is 2.20. The fourth-order valence-electron chi connectivity index (χ4n) is 3.80. The SMILES string of the molecule is CN(C)c1c(Cl)ccc2c(=O)c3ccc(C4(C)CC4)cc3n(CC(=O)O)c12. The number of benzene rings is 2. The molecule has 5 nitrogen and oxygen atoms in total. The second-order valence-corrected chi connectivity index (χ2v) is 8.20. The molecule has 1 aliphatic rings. The number of rotatable bonds is 4. The third-order valence-corrected chi connectivity index (χ3v) is 5.89. The Bertz CT molecular complexity index is 1160. The lowest BCUT2D eigenvalue weighted by Gasteiger charge is -2.22. The number of carboxylic acids is 1. The minimum Gasteiger partial charge on any atom is -0.480 e. The highest BCUT2D eigenvalue weighted by Crippen LogP contribution is 2.48. The highest BCUT2D eigenvalue weighted by molar-refractivity contribution is 6.35. The number of pyridine rings is 1. The van der Waals surface area contributed by atoms with Crippen molar-refractivity contribution in [1.29, 1.82) is 0 Å². The molecule has 0 aliphatic heterocycles. The van der Waals surface area contributed by atoms with Gasteiger partial charge in [-0.1, -0.05) is 24.6 Å². The standard InChI is InChI=1S/C21H21ClN2O3/c1-21(8-9-21)12-4-5-13-16(10-12)24(11-17(25)26)18-14(20(13)27)6-7-15(22)19(18)23(2)3/h4-7,10H,8-9,11H2,1-3H3,(H,25,26). The van der Waals surface area contributed by atoms with Crippen molar-refractivity contribution in [2.75, 3.05) is 19.0 Å². The lowest BCUT2D eigenvalue weighted by molar-refractivity contribution is -0.137. The molecule has 0 saturated heterocycles. The zero-order chi connectivity index (χ0) is 19.5. The predicted molar refractivity (Wildman–Crippen MR) is 109 cm³/mol. The van der Waals surface area contributed by atoms with Gasteiger partial charge in [-0.15, -0.1) is 0 Å². The molecular formula is C21H21ClN2O3. The Hall–Kier alpha value is -2.53. The predicted octanol–water partition coefficient (Wildman–Crippen LogP) is 4.01. The van der Waals surface area contributed by atoms with Gasteiger partial charge in [-0.2, -0.15) is 0 Å². The second-order valence-electron chi connectivity index (χ2n) is 7.79. The summed E-state index contributed by atoms with van der Waals surface area (Å²) in [5.74, 6) is -0.964. The fraction of sp³-hybridized carbons (Fsp3) is 0.333. The van der Waals surface area contributed by atoms with E-state index in [2.05, 4.69) is 6.92 Å². The van der Waals surface area contributed by atoms with Gasteiger partial charge < -0.3 is 14.6 Å². The maximum absolute atomic E-state index is 13.2. The summed E-state index contributed by atoms with van der Waals surface area (Å²) in [6.45, 7) is 1.95. The third-order valence-electron chi connectivity index (χ3n) is 5.59. The van der Waals surface area contributed by atoms with Crippen LogP contribution in [0.25, 0.3) is 21.8 Å². The van der Waals surface area contributed by atoms with Gasteiger partial charge in [0.05, 0.1) is 21.7 Å². The molecule has 4 rings (SSSR count). The van der Waals surface area contributed by atoms with Crippen LogP contribution < -0.4 is 10.3 Å². The van der Waals surface area contributed by atoms with Crippen LogP contribution in [0.2, 0.25) is 5.02 Å². The van der Waals surface area contributed by atoms with Gasteiger partial charge in [0.25, 0.3) is 0 Å². The quantitative estimate of drug-likeness (QED) is 0.690. The number of carbonyl (C=O) groups is 1. The molecule has 1 saturated carbocycles. The summed E-state index contributed by atoms with van der Waals surface area (Å²) in [5, 5.41) is 11.0. The maximum atomic E-state index is 13.2. The molecule has 0 atom stereocenters. The first kappa shape index (κ1) is 17.9. The molecule has 0 amide bonds. The van der Waals surface area contributed by atoms with E-state index in [4.69, 9.17) is 11.6 Å². The smallest absolute Gasteiger partial charge is 0.323 e. The molecule has 1 N–H and O–H groups in total. The van der Waals surface area contributed by atoms with Crippen molar-refractivity contribution in [3.8, 4) is 0 Å². The Morgan fingerprint density at radius 1 is 1.22 bits per heavy atom.